The first-order valence-corrected chi connectivity index (χ1v) is 8.14. The molecule has 0 aromatic heterocycles. The third-order valence-electron chi connectivity index (χ3n) is 5.39. The van der Waals surface area contributed by atoms with E-state index in [1.165, 1.54) is 17.5 Å². The number of aliphatic hydroxyl groups is 1. The molecule has 2 N–H and O–H groups in total. The summed E-state index contributed by atoms with van der Waals surface area (Å²) < 4.78 is 0. The molecule has 1 aromatic carbocycles. The van der Waals surface area contributed by atoms with Gasteiger partial charge >= 0.3 is 0 Å². The lowest BCUT2D eigenvalue weighted by molar-refractivity contribution is -0.0569. The molecule has 0 bridgehead atoms. The molecule has 1 aliphatic heterocycles. The van der Waals surface area contributed by atoms with Crippen molar-refractivity contribution in [3.63, 3.8) is 0 Å². The van der Waals surface area contributed by atoms with Crippen molar-refractivity contribution >= 4 is 0 Å². The summed E-state index contributed by atoms with van der Waals surface area (Å²) in [6, 6.07) is 8.75. The summed E-state index contributed by atoms with van der Waals surface area (Å²) in [6.07, 6.45) is 5.38. The highest BCUT2D eigenvalue weighted by Crippen LogP contribution is 2.44. The first-order valence-electron chi connectivity index (χ1n) is 8.14. The van der Waals surface area contributed by atoms with Crippen LogP contribution in [0.5, 0.6) is 0 Å². The summed E-state index contributed by atoms with van der Waals surface area (Å²) in [5, 5.41) is 14.9. The van der Waals surface area contributed by atoms with Crippen LogP contribution < -0.4 is 5.32 Å². The van der Waals surface area contributed by atoms with Crippen LogP contribution in [0.2, 0.25) is 0 Å². The van der Waals surface area contributed by atoms with E-state index in [0.29, 0.717) is 11.8 Å². The SMILES string of the molecule is CC(C)C1CCCC(O)(C2NCCc3ccccc32)C1. The minimum Gasteiger partial charge on any atom is -0.388 e. The third kappa shape index (κ3) is 2.51. The van der Waals surface area contributed by atoms with Crippen LogP contribution in [-0.4, -0.2) is 17.3 Å². The maximum Gasteiger partial charge on any atom is 0.0844 e. The Morgan fingerprint density at radius 1 is 1.30 bits per heavy atom. The summed E-state index contributed by atoms with van der Waals surface area (Å²) >= 11 is 0. The number of benzene rings is 1. The highest BCUT2D eigenvalue weighted by atomic mass is 16.3. The Kier molecular flexibility index (Phi) is 3.87. The van der Waals surface area contributed by atoms with Gasteiger partial charge in [-0.1, -0.05) is 44.5 Å². The summed E-state index contributed by atoms with van der Waals surface area (Å²) in [5.74, 6) is 1.32. The summed E-state index contributed by atoms with van der Waals surface area (Å²) in [7, 11) is 0. The monoisotopic (exact) mass is 273 g/mol. The maximum absolute atomic E-state index is 11.3. The molecule has 0 amide bonds. The second kappa shape index (κ2) is 5.50. The zero-order chi connectivity index (χ0) is 14.2. The van der Waals surface area contributed by atoms with Gasteiger partial charge in [0.25, 0.3) is 0 Å². The summed E-state index contributed by atoms with van der Waals surface area (Å²) in [4.78, 5) is 0. The molecule has 3 atom stereocenters. The van der Waals surface area contributed by atoms with Crippen LogP contribution in [0.3, 0.4) is 0 Å². The molecule has 2 nitrogen and oxygen atoms in total. The van der Waals surface area contributed by atoms with Crippen molar-refractivity contribution in [1.29, 1.82) is 0 Å². The molecule has 0 saturated heterocycles. The average Bonchev–Trinajstić information content (AvgIpc) is 2.46. The Labute approximate surface area is 122 Å². The Morgan fingerprint density at radius 3 is 2.90 bits per heavy atom. The van der Waals surface area contributed by atoms with Gasteiger partial charge in [-0.05, 0) is 55.2 Å². The second-order valence-electron chi connectivity index (χ2n) is 7.04. The topological polar surface area (TPSA) is 32.3 Å². The van der Waals surface area contributed by atoms with Gasteiger partial charge in [-0.2, -0.15) is 0 Å². The van der Waals surface area contributed by atoms with Gasteiger partial charge in [-0.15, -0.1) is 0 Å². The van der Waals surface area contributed by atoms with Gasteiger partial charge in [-0.3, -0.25) is 0 Å². The fraction of sp³-hybridized carbons (Fsp3) is 0.667. The second-order valence-corrected chi connectivity index (χ2v) is 7.04. The van der Waals surface area contributed by atoms with Crippen molar-refractivity contribution in [3.8, 4) is 0 Å². The van der Waals surface area contributed by atoms with E-state index in [1.807, 2.05) is 0 Å². The first kappa shape index (κ1) is 14.1. The van der Waals surface area contributed by atoms with Crippen molar-refractivity contribution < 1.29 is 5.11 Å². The molecule has 2 aliphatic rings. The molecule has 1 fully saturated rings. The average molecular weight is 273 g/mol. The Hall–Kier alpha value is -0.860. The smallest absolute Gasteiger partial charge is 0.0844 e. The van der Waals surface area contributed by atoms with Crippen molar-refractivity contribution in [2.45, 2.75) is 57.6 Å². The normalized spacial score (nSPS) is 34.0. The highest BCUT2D eigenvalue weighted by molar-refractivity contribution is 5.34. The fourth-order valence-corrected chi connectivity index (χ4v) is 4.14. The predicted molar refractivity (Wildman–Crippen MR) is 82.6 cm³/mol. The van der Waals surface area contributed by atoms with Gasteiger partial charge in [-0.25, -0.2) is 0 Å². The van der Waals surface area contributed by atoms with Gasteiger partial charge in [0.1, 0.15) is 0 Å². The molecule has 1 aliphatic carbocycles. The number of fused-ring (bicyclic) bond motifs is 1. The quantitative estimate of drug-likeness (QED) is 0.865. The number of hydrogen-bond donors (Lipinski definition) is 2. The standard InChI is InChI=1S/C18H27NO/c1-13(2)15-7-5-10-18(20,12-15)17-16-8-4-3-6-14(16)9-11-19-17/h3-4,6,8,13,15,17,19-20H,5,7,9-12H2,1-2H3. The Bertz CT molecular complexity index is 470. The van der Waals surface area contributed by atoms with E-state index >= 15 is 0 Å². The third-order valence-corrected chi connectivity index (χ3v) is 5.39. The van der Waals surface area contributed by atoms with E-state index in [4.69, 9.17) is 0 Å². The maximum atomic E-state index is 11.3. The molecule has 1 saturated carbocycles. The molecule has 3 rings (SSSR count). The molecule has 1 heterocycles. The molecule has 0 radical (unpaired) electrons. The van der Waals surface area contributed by atoms with Crippen LogP contribution >= 0.6 is 0 Å². The number of nitrogens with one attached hydrogen (secondary N) is 1. The Balaban J connectivity index is 1.88. The molecule has 20 heavy (non-hydrogen) atoms. The van der Waals surface area contributed by atoms with Crippen LogP contribution in [0.1, 0.15) is 56.7 Å². The summed E-state index contributed by atoms with van der Waals surface area (Å²) in [5.41, 5.74) is 2.17. The van der Waals surface area contributed by atoms with Crippen molar-refractivity contribution in [2.24, 2.45) is 11.8 Å². The van der Waals surface area contributed by atoms with E-state index in [9.17, 15) is 5.11 Å². The Morgan fingerprint density at radius 2 is 2.10 bits per heavy atom. The number of rotatable bonds is 2. The van der Waals surface area contributed by atoms with E-state index in [2.05, 4.69) is 43.4 Å². The van der Waals surface area contributed by atoms with Gasteiger partial charge in [0.05, 0.1) is 11.6 Å². The molecular weight excluding hydrogens is 246 g/mol. The summed E-state index contributed by atoms with van der Waals surface area (Å²) in [6.45, 7) is 5.56. The lowest BCUT2D eigenvalue weighted by atomic mass is 9.68. The van der Waals surface area contributed by atoms with Crippen molar-refractivity contribution in [2.75, 3.05) is 6.54 Å². The molecule has 3 unspecified atom stereocenters. The van der Waals surface area contributed by atoms with Crippen LogP contribution in [0.25, 0.3) is 0 Å². The van der Waals surface area contributed by atoms with Gasteiger partial charge in [0.2, 0.25) is 0 Å². The molecule has 2 heteroatoms. The number of hydrogen-bond acceptors (Lipinski definition) is 2. The minimum atomic E-state index is -0.566. The van der Waals surface area contributed by atoms with Gasteiger partial charge in [0, 0.05) is 0 Å². The van der Waals surface area contributed by atoms with E-state index in [0.717, 1.165) is 32.2 Å². The first-order chi connectivity index (χ1) is 9.60. The van der Waals surface area contributed by atoms with E-state index in [-0.39, 0.29) is 6.04 Å². The molecular formula is C18H27NO. The lowest BCUT2D eigenvalue weighted by Crippen LogP contribution is -2.50. The van der Waals surface area contributed by atoms with Gasteiger partial charge in [0.15, 0.2) is 0 Å². The molecule has 110 valence electrons. The molecule has 0 spiro atoms. The van der Waals surface area contributed by atoms with Crippen LogP contribution in [-0.2, 0) is 6.42 Å². The predicted octanol–water partition coefficient (Wildman–Crippen LogP) is 3.45. The minimum absolute atomic E-state index is 0.119. The van der Waals surface area contributed by atoms with Crippen LogP contribution in [0.4, 0.5) is 0 Å². The van der Waals surface area contributed by atoms with E-state index in [1.54, 1.807) is 0 Å². The highest BCUT2D eigenvalue weighted by Gasteiger charge is 2.43. The van der Waals surface area contributed by atoms with Crippen LogP contribution in [0, 0.1) is 11.8 Å². The lowest BCUT2D eigenvalue weighted by Gasteiger charge is -2.45. The molecule has 1 aromatic rings. The zero-order valence-electron chi connectivity index (χ0n) is 12.7. The van der Waals surface area contributed by atoms with Gasteiger partial charge < -0.3 is 10.4 Å². The van der Waals surface area contributed by atoms with Crippen LogP contribution in [0.15, 0.2) is 24.3 Å². The van der Waals surface area contributed by atoms with Crippen molar-refractivity contribution in [1.82, 2.24) is 5.32 Å². The van der Waals surface area contributed by atoms with E-state index < -0.39 is 5.60 Å². The van der Waals surface area contributed by atoms with Crippen molar-refractivity contribution in [3.05, 3.63) is 35.4 Å². The largest absolute Gasteiger partial charge is 0.388 e. The zero-order valence-corrected chi connectivity index (χ0v) is 12.7. The fourth-order valence-electron chi connectivity index (χ4n) is 4.14.